The van der Waals surface area contributed by atoms with Gasteiger partial charge in [-0.2, -0.15) is 0 Å². The maximum Gasteiger partial charge on any atom is 0.248 e. The molecule has 1 aromatic carbocycles. The highest BCUT2D eigenvalue weighted by Crippen LogP contribution is 2.24. The van der Waals surface area contributed by atoms with E-state index in [1.54, 1.807) is 0 Å². The average molecular weight is 290 g/mol. The number of amides is 2. The van der Waals surface area contributed by atoms with Gasteiger partial charge in [-0.3, -0.25) is 20.4 Å². The summed E-state index contributed by atoms with van der Waals surface area (Å²) in [5.41, 5.74) is 5.41. The van der Waals surface area contributed by atoms with Crippen molar-refractivity contribution >= 4 is 34.5 Å². The predicted molar refractivity (Wildman–Crippen MR) is 77.0 cm³/mol. The molecular weight excluding hydrogens is 276 g/mol. The van der Waals surface area contributed by atoms with Crippen LogP contribution in [0.25, 0.3) is 10.9 Å². The largest absolute Gasteiger partial charge is 0.274 e. The van der Waals surface area contributed by atoms with Crippen LogP contribution in [0.2, 0.25) is 0 Å². The Hall–Kier alpha value is -2.15. The Balaban J connectivity index is 2.09. The summed E-state index contributed by atoms with van der Waals surface area (Å²) in [6.45, 7) is 3.14. The molecule has 0 aliphatic rings. The Morgan fingerprint density at radius 3 is 2.70 bits per heavy atom. The second-order valence-electron chi connectivity index (χ2n) is 4.11. The van der Waals surface area contributed by atoms with Crippen molar-refractivity contribution < 1.29 is 9.59 Å². The lowest BCUT2D eigenvalue weighted by Gasteiger charge is -2.07. The lowest BCUT2D eigenvalue weighted by Crippen LogP contribution is -2.41. The number of hydrogen-bond donors (Lipinski definition) is 2. The topological polar surface area (TPSA) is 84.0 Å². The number of para-hydroxylation sites is 1. The SMILES string of the molecule is CC(=O)NNC(=O)CSc1nc(C)nc2ccccc12. The Labute approximate surface area is 120 Å². The molecule has 1 heterocycles. The zero-order valence-electron chi connectivity index (χ0n) is 11.1. The molecule has 104 valence electrons. The number of rotatable bonds is 3. The van der Waals surface area contributed by atoms with Crippen molar-refractivity contribution in [1.82, 2.24) is 20.8 Å². The van der Waals surface area contributed by atoms with Crippen LogP contribution < -0.4 is 10.9 Å². The molecule has 0 saturated carbocycles. The summed E-state index contributed by atoms with van der Waals surface area (Å²) in [5.74, 6) is 0.228. The maximum absolute atomic E-state index is 11.6. The first-order valence-corrected chi connectivity index (χ1v) is 6.96. The second kappa shape index (κ2) is 6.33. The zero-order valence-corrected chi connectivity index (χ0v) is 12.0. The molecule has 0 bridgehead atoms. The van der Waals surface area contributed by atoms with E-state index in [0.717, 1.165) is 15.9 Å². The third-order valence-electron chi connectivity index (χ3n) is 2.40. The van der Waals surface area contributed by atoms with E-state index in [-0.39, 0.29) is 17.6 Å². The lowest BCUT2D eigenvalue weighted by molar-refractivity contribution is -0.126. The second-order valence-corrected chi connectivity index (χ2v) is 5.08. The Bertz CT molecular complexity index is 660. The van der Waals surface area contributed by atoms with Crippen molar-refractivity contribution in [3.8, 4) is 0 Å². The minimum absolute atomic E-state index is 0.167. The summed E-state index contributed by atoms with van der Waals surface area (Å²) >= 11 is 1.31. The summed E-state index contributed by atoms with van der Waals surface area (Å²) < 4.78 is 0. The lowest BCUT2D eigenvalue weighted by atomic mass is 10.2. The molecule has 20 heavy (non-hydrogen) atoms. The molecule has 6 nitrogen and oxygen atoms in total. The summed E-state index contributed by atoms with van der Waals surface area (Å²) in [4.78, 5) is 30.9. The molecule has 2 aromatic rings. The number of aromatic nitrogens is 2. The van der Waals surface area contributed by atoms with E-state index >= 15 is 0 Å². The Morgan fingerprint density at radius 2 is 1.95 bits per heavy atom. The quantitative estimate of drug-likeness (QED) is 0.504. The fraction of sp³-hybridized carbons (Fsp3) is 0.231. The van der Waals surface area contributed by atoms with E-state index in [2.05, 4.69) is 20.8 Å². The van der Waals surface area contributed by atoms with Crippen LogP contribution in [0.15, 0.2) is 29.3 Å². The van der Waals surface area contributed by atoms with Crippen LogP contribution in [-0.2, 0) is 9.59 Å². The number of aryl methyl sites for hydroxylation is 1. The predicted octanol–water partition coefficient (Wildman–Crippen LogP) is 1.20. The fourth-order valence-corrected chi connectivity index (χ4v) is 2.46. The summed E-state index contributed by atoms with van der Waals surface area (Å²) in [7, 11) is 0. The van der Waals surface area contributed by atoms with Gasteiger partial charge >= 0.3 is 0 Å². The van der Waals surface area contributed by atoms with Gasteiger partial charge in [-0.05, 0) is 13.0 Å². The molecule has 0 unspecified atom stereocenters. The van der Waals surface area contributed by atoms with Crippen LogP contribution in [0, 0.1) is 6.92 Å². The monoisotopic (exact) mass is 290 g/mol. The first-order valence-electron chi connectivity index (χ1n) is 5.98. The summed E-state index contributed by atoms with van der Waals surface area (Å²) in [6.07, 6.45) is 0. The molecule has 0 radical (unpaired) electrons. The van der Waals surface area contributed by atoms with E-state index in [0.29, 0.717) is 5.82 Å². The van der Waals surface area contributed by atoms with Crippen LogP contribution in [0.5, 0.6) is 0 Å². The van der Waals surface area contributed by atoms with Gasteiger partial charge < -0.3 is 0 Å². The minimum Gasteiger partial charge on any atom is -0.274 e. The van der Waals surface area contributed by atoms with Crippen molar-refractivity contribution in [3.05, 3.63) is 30.1 Å². The van der Waals surface area contributed by atoms with Crippen LogP contribution in [0.3, 0.4) is 0 Å². The van der Waals surface area contributed by atoms with E-state index < -0.39 is 0 Å². The number of carbonyl (C=O) groups excluding carboxylic acids is 2. The summed E-state index contributed by atoms with van der Waals surface area (Å²) in [6, 6.07) is 7.64. The number of fused-ring (bicyclic) bond motifs is 1. The highest BCUT2D eigenvalue weighted by atomic mass is 32.2. The van der Waals surface area contributed by atoms with Gasteiger partial charge in [0.05, 0.1) is 11.3 Å². The summed E-state index contributed by atoms with van der Waals surface area (Å²) in [5, 5.41) is 1.67. The normalized spacial score (nSPS) is 10.3. The first kappa shape index (κ1) is 14.3. The molecule has 0 atom stereocenters. The number of carbonyl (C=O) groups is 2. The third kappa shape index (κ3) is 3.67. The number of nitrogens with one attached hydrogen (secondary N) is 2. The van der Waals surface area contributed by atoms with Gasteiger partial charge in [-0.25, -0.2) is 9.97 Å². The van der Waals surface area contributed by atoms with E-state index in [1.807, 2.05) is 31.2 Å². The van der Waals surface area contributed by atoms with Crippen molar-refractivity contribution in [2.75, 3.05) is 5.75 Å². The van der Waals surface area contributed by atoms with Gasteiger partial charge in [0.1, 0.15) is 10.9 Å². The number of benzene rings is 1. The highest BCUT2D eigenvalue weighted by Gasteiger charge is 2.09. The molecule has 7 heteroatoms. The van der Waals surface area contributed by atoms with E-state index in [4.69, 9.17) is 0 Å². The van der Waals surface area contributed by atoms with Gasteiger partial charge in [-0.1, -0.05) is 30.0 Å². The highest BCUT2D eigenvalue weighted by molar-refractivity contribution is 8.00. The average Bonchev–Trinajstić information content (AvgIpc) is 2.42. The minimum atomic E-state index is -0.313. The molecule has 2 N–H and O–H groups in total. The van der Waals surface area contributed by atoms with Crippen molar-refractivity contribution in [3.63, 3.8) is 0 Å². The molecule has 0 saturated heterocycles. The number of nitrogens with zero attached hydrogens (tertiary/aromatic N) is 2. The zero-order chi connectivity index (χ0) is 14.5. The smallest absolute Gasteiger partial charge is 0.248 e. The van der Waals surface area contributed by atoms with Gasteiger partial charge in [-0.15, -0.1) is 0 Å². The Kier molecular flexibility index (Phi) is 4.52. The molecule has 1 aromatic heterocycles. The molecular formula is C13H14N4O2S. The van der Waals surface area contributed by atoms with E-state index in [1.165, 1.54) is 18.7 Å². The third-order valence-corrected chi connectivity index (χ3v) is 3.39. The van der Waals surface area contributed by atoms with Crippen LogP contribution in [0.4, 0.5) is 0 Å². The van der Waals surface area contributed by atoms with Gasteiger partial charge in [0.15, 0.2) is 0 Å². The number of hydrazine groups is 1. The standard InChI is InChI=1S/C13H14N4O2S/c1-8-14-11-6-4-3-5-10(11)13(15-8)20-7-12(19)17-16-9(2)18/h3-6H,7H2,1-2H3,(H,16,18)(H,17,19). The van der Waals surface area contributed by atoms with E-state index in [9.17, 15) is 9.59 Å². The molecule has 2 rings (SSSR count). The van der Waals surface area contributed by atoms with Crippen LogP contribution in [-0.4, -0.2) is 27.5 Å². The first-order chi connectivity index (χ1) is 9.56. The molecule has 0 aliphatic carbocycles. The van der Waals surface area contributed by atoms with Gasteiger partial charge in [0, 0.05) is 12.3 Å². The van der Waals surface area contributed by atoms with Crippen molar-refractivity contribution in [2.45, 2.75) is 18.9 Å². The van der Waals surface area contributed by atoms with Crippen molar-refractivity contribution in [2.24, 2.45) is 0 Å². The van der Waals surface area contributed by atoms with Gasteiger partial charge in [0.25, 0.3) is 0 Å². The fourth-order valence-electron chi connectivity index (χ4n) is 1.60. The molecule has 2 amide bonds. The number of hydrogen-bond acceptors (Lipinski definition) is 5. The van der Waals surface area contributed by atoms with Crippen LogP contribution in [0.1, 0.15) is 12.7 Å². The molecule has 0 aliphatic heterocycles. The molecule has 0 fully saturated rings. The van der Waals surface area contributed by atoms with Crippen LogP contribution >= 0.6 is 11.8 Å². The number of thioether (sulfide) groups is 1. The Morgan fingerprint density at radius 1 is 1.20 bits per heavy atom. The van der Waals surface area contributed by atoms with Crippen molar-refractivity contribution in [1.29, 1.82) is 0 Å². The molecule has 0 spiro atoms. The van der Waals surface area contributed by atoms with Gasteiger partial charge in [0.2, 0.25) is 11.8 Å². The maximum atomic E-state index is 11.6.